The van der Waals surface area contributed by atoms with Crippen LogP contribution in [0.3, 0.4) is 0 Å². The van der Waals surface area contributed by atoms with Gasteiger partial charge in [-0.25, -0.2) is 9.89 Å². The van der Waals surface area contributed by atoms with E-state index in [1.807, 2.05) is 13.8 Å². The largest absolute Gasteiger partial charge is 0.368 e. The zero-order valence-corrected chi connectivity index (χ0v) is 11.5. The molecule has 20 heavy (non-hydrogen) atoms. The van der Waals surface area contributed by atoms with Gasteiger partial charge in [0.1, 0.15) is 5.82 Å². The summed E-state index contributed by atoms with van der Waals surface area (Å²) >= 11 is 0. The van der Waals surface area contributed by atoms with E-state index in [1.165, 1.54) is 4.52 Å². The first kappa shape index (κ1) is 14.0. The van der Waals surface area contributed by atoms with Gasteiger partial charge in [0.05, 0.1) is 0 Å². The molecule has 1 amide bonds. The second-order valence-corrected chi connectivity index (χ2v) is 4.57. The number of amides is 1. The quantitative estimate of drug-likeness (QED) is 0.697. The number of carbonyl (C=O) groups is 1. The average molecular weight is 278 g/mol. The predicted octanol–water partition coefficient (Wildman–Crippen LogP) is 0.134. The van der Waals surface area contributed by atoms with Crippen molar-refractivity contribution in [3.8, 4) is 0 Å². The number of hydrogen-bond acceptors (Lipinski definition) is 5. The van der Waals surface area contributed by atoms with E-state index in [4.69, 9.17) is 0 Å². The fourth-order valence-corrected chi connectivity index (χ4v) is 1.65. The highest BCUT2D eigenvalue weighted by atomic mass is 16.2. The van der Waals surface area contributed by atoms with Gasteiger partial charge in [-0.1, -0.05) is 6.92 Å². The molecular formula is C12H18N6O2. The summed E-state index contributed by atoms with van der Waals surface area (Å²) in [6.45, 7) is 4.44. The Morgan fingerprint density at radius 1 is 1.50 bits per heavy atom. The zero-order valence-electron chi connectivity index (χ0n) is 11.5. The van der Waals surface area contributed by atoms with E-state index in [0.29, 0.717) is 24.4 Å². The molecular weight excluding hydrogens is 260 g/mol. The van der Waals surface area contributed by atoms with Crippen LogP contribution in [0.5, 0.6) is 0 Å². The Labute approximate surface area is 115 Å². The van der Waals surface area contributed by atoms with Crippen molar-refractivity contribution in [3.05, 3.63) is 22.6 Å². The predicted molar refractivity (Wildman–Crippen MR) is 74.6 cm³/mol. The third-order valence-corrected chi connectivity index (χ3v) is 2.95. The fourth-order valence-electron chi connectivity index (χ4n) is 1.65. The lowest BCUT2D eigenvalue weighted by molar-refractivity contribution is -0.121. The zero-order chi connectivity index (χ0) is 14.5. The number of fused-ring (bicyclic) bond motifs is 1. The van der Waals surface area contributed by atoms with Crippen molar-refractivity contribution in [2.75, 3.05) is 11.9 Å². The van der Waals surface area contributed by atoms with Crippen LogP contribution in [-0.4, -0.2) is 38.3 Å². The Bertz CT molecular complexity index is 647. The van der Waals surface area contributed by atoms with Crippen LogP contribution in [0.15, 0.2) is 16.9 Å². The summed E-state index contributed by atoms with van der Waals surface area (Å²) in [4.78, 5) is 22.9. The van der Waals surface area contributed by atoms with Crippen molar-refractivity contribution in [2.24, 2.45) is 0 Å². The van der Waals surface area contributed by atoms with Gasteiger partial charge in [0.15, 0.2) is 5.65 Å². The molecule has 8 nitrogen and oxygen atoms in total. The van der Waals surface area contributed by atoms with Gasteiger partial charge in [-0.2, -0.15) is 9.61 Å². The number of anilines is 1. The van der Waals surface area contributed by atoms with E-state index in [9.17, 15) is 9.59 Å². The van der Waals surface area contributed by atoms with Gasteiger partial charge in [-0.3, -0.25) is 4.79 Å². The molecule has 0 radical (unpaired) electrons. The van der Waals surface area contributed by atoms with E-state index in [1.54, 1.807) is 12.1 Å². The minimum Gasteiger partial charge on any atom is -0.368 e. The summed E-state index contributed by atoms with van der Waals surface area (Å²) in [5, 5.41) is 16.0. The summed E-state index contributed by atoms with van der Waals surface area (Å²) in [6.07, 6.45) is 1.26. The van der Waals surface area contributed by atoms with E-state index in [0.717, 1.165) is 6.42 Å². The first-order valence-corrected chi connectivity index (χ1v) is 6.58. The second kappa shape index (κ2) is 6.18. The summed E-state index contributed by atoms with van der Waals surface area (Å²) in [5.41, 5.74) is 0.0632. The topological polar surface area (TPSA) is 104 Å². The Balaban J connectivity index is 1.88. The lowest BCUT2D eigenvalue weighted by atomic mass is 10.2. The molecule has 0 aliphatic rings. The van der Waals surface area contributed by atoms with Crippen LogP contribution < -0.4 is 16.3 Å². The minimum atomic E-state index is -0.391. The molecule has 2 aromatic heterocycles. The summed E-state index contributed by atoms with van der Waals surface area (Å²) in [7, 11) is 0. The molecule has 0 saturated heterocycles. The van der Waals surface area contributed by atoms with Crippen LogP contribution in [0.1, 0.15) is 26.7 Å². The van der Waals surface area contributed by atoms with Crippen LogP contribution in [-0.2, 0) is 4.79 Å². The highest BCUT2D eigenvalue weighted by Crippen LogP contribution is 2.02. The third-order valence-electron chi connectivity index (χ3n) is 2.95. The van der Waals surface area contributed by atoms with E-state index in [-0.39, 0.29) is 11.9 Å². The Kier molecular flexibility index (Phi) is 4.34. The molecule has 2 heterocycles. The van der Waals surface area contributed by atoms with Gasteiger partial charge in [0.25, 0.3) is 0 Å². The van der Waals surface area contributed by atoms with Crippen LogP contribution in [0, 0.1) is 0 Å². The highest BCUT2D eigenvalue weighted by Gasteiger charge is 2.06. The van der Waals surface area contributed by atoms with Crippen molar-refractivity contribution in [3.63, 3.8) is 0 Å². The molecule has 108 valence electrons. The van der Waals surface area contributed by atoms with E-state index in [2.05, 4.69) is 25.9 Å². The van der Waals surface area contributed by atoms with Crippen molar-refractivity contribution in [1.29, 1.82) is 0 Å². The number of H-pyrrole nitrogens is 1. The van der Waals surface area contributed by atoms with Gasteiger partial charge < -0.3 is 10.6 Å². The SMILES string of the molecule is CCC(C)NC(=O)CCNc1ccc2n[nH]c(=O)n2n1. The molecule has 0 bridgehead atoms. The number of aromatic amines is 1. The maximum Gasteiger partial charge on any atom is 0.364 e. The van der Waals surface area contributed by atoms with Gasteiger partial charge in [-0.15, -0.1) is 5.10 Å². The lowest BCUT2D eigenvalue weighted by Crippen LogP contribution is -2.33. The van der Waals surface area contributed by atoms with Gasteiger partial charge in [-0.05, 0) is 25.5 Å². The Hall–Kier alpha value is -2.38. The number of aromatic nitrogens is 4. The molecule has 8 heteroatoms. The normalized spacial score (nSPS) is 12.3. The van der Waals surface area contributed by atoms with Gasteiger partial charge in [0.2, 0.25) is 5.91 Å². The maximum absolute atomic E-state index is 11.6. The van der Waals surface area contributed by atoms with Crippen molar-refractivity contribution in [2.45, 2.75) is 32.7 Å². The number of nitrogens with one attached hydrogen (secondary N) is 3. The minimum absolute atomic E-state index is 0.00611. The molecule has 3 N–H and O–H groups in total. The number of nitrogens with zero attached hydrogens (tertiary/aromatic N) is 3. The average Bonchev–Trinajstić information content (AvgIpc) is 2.80. The lowest BCUT2D eigenvalue weighted by Gasteiger charge is -2.11. The standard InChI is InChI=1S/C12H18N6O2/c1-3-8(2)14-11(19)6-7-13-9-4-5-10-15-16-12(20)18(10)17-9/h4-5,8H,3,6-7H2,1-2H3,(H,13,17)(H,14,19)(H,16,20). The first-order chi connectivity index (χ1) is 9.60. The first-order valence-electron chi connectivity index (χ1n) is 6.58. The van der Waals surface area contributed by atoms with E-state index >= 15 is 0 Å². The Morgan fingerprint density at radius 2 is 2.30 bits per heavy atom. The van der Waals surface area contributed by atoms with Crippen molar-refractivity contribution in [1.82, 2.24) is 25.1 Å². The van der Waals surface area contributed by atoms with E-state index < -0.39 is 5.69 Å². The van der Waals surface area contributed by atoms with Crippen LogP contribution in [0.4, 0.5) is 5.82 Å². The summed E-state index contributed by atoms with van der Waals surface area (Å²) < 4.78 is 1.17. The highest BCUT2D eigenvalue weighted by molar-refractivity contribution is 5.76. The van der Waals surface area contributed by atoms with Crippen molar-refractivity contribution >= 4 is 17.4 Å². The third kappa shape index (κ3) is 3.34. The Morgan fingerprint density at radius 3 is 3.05 bits per heavy atom. The molecule has 0 saturated carbocycles. The summed E-state index contributed by atoms with van der Waals surface area (Å²) in [6, 6.07) is 3.57. The van der Waals surface area contributed by atoms with Gasteiger partial charge in [0, 0.05) is 19.0 Å². The molecule has 0 fully saturated rings. The van der Waals surface area contributed by atoms with Crippen LogP contribution in [0.25, 0.3) is 5.65 Å². The molecule has 1 unspecified atom stereocenters. The number of hydrogen-bond donors (Lipinski definition) is 3. The molecule has 0 spiro atoms. The molecule has 0 aromatic carbocycles. The molecule has 1 atom stereocenters. The second-order valence-electron chi connectivity index (χ2n) is 4.57. The summed E-state index contributed by atoms with van der Waals surface area (Å²) in [5.74, 6) is 0.519. The monoisotopic (exact) mass is 278 g/mol. The van der Waals surface area contributed by atoms with Crippen LogP contribution in [0.2, 0.25) is 0 Å². The molecule has 2 aromatic rings. The number of rotatable bonds is 6. The smallest absolute Gasteiger partial charge is 0.364 e. The molecule has 2 rings (SSSR count). The number of carbonyl (C=O) groups excluding carboxylic acids is 1. The van der Waals surface area contributed by atoms with Gasteiger partial charge >= 0.3 is 5.69 Å². The molecule has 0 aliphatic heterocycles. The fraction of sp³-hybridized carbons (Fsp3) is 0.500. The maximum atomic E-state index is 11.6. The molecule has 0 aliphatic carbocycles. The van der Waals surface area contributed by atoms with Crippen molar-refractivity contribution < 1.29 is 4.79 Å². The van der Waals surface area contributed by atoms with Crippen LogP contribution >= 0.6 is 0 Å².